The van der Waals surface area contributed by atoms with E-state index >= 15 is 0 Å². The van der Waals surface area contributed by atoms with E-state index in [1.807, 2.05) is 164 Å². The van der Waals surface area contributed by atoms with Crippen LogP contribution >= 0.6 is 0 Å². The molecule has 0 unspecified atom stereocenters. The molecule has 16 heterocycles. The lowest BCUT2D eigenvalue weighted by Crippen LogP contribution is -2.62. The van der Waals surface area contributed by atoms with Crippen LogP contribution in [0.4, 0.5) is 0 Å². The van der Waals surface area contributed by atoms with Gasteiger partial charge in [-0.3, -0.25) is 0 Å². The van der Waals surface area contributed by atoms with Crippen molar-refractivity contribution in [1.29, 1.82) is 0 Å². The average Bonchev–Trinajstić information content (AvgIpc) is 1.57. The van der Waals surface area contributed by atoms with Crippen molar-refractivity contribution >= 4 is 141 Å². The van der Waals surface area contributed by atoms with Crippen molar-refractivity contribution in [3.8, 4) is 0 Å². The molecule has 0 aromatic carbocycles. The van der Waals surface area contributed by atoms with Gasteiger partial charge in [0, 0.05) is 144 Å². The molecule has 0 saturated heterocycles. The summed E-state index contributed by atoms with van der Waals surface area (Å²) in [6.45, 7) is -1.60. The maximum Gasteiger partial charge on any atom is 0.402 e. The number of furan rings is 4. The molecular weight excluding hydrogens is 1190 g/mol. The molecule has 16 rings (SSSR count). The molecular formula is C76H84B4N12O4+4. The zero-order chi connectivity index (χ0) is 83.0. The first kappa shape index (κ1) is 46.0. The zero-order valence-corrected chi connectivity index (χ0v) is 56.2. The molecule has 0 amide bonds. The van der Waals surface area contributed by atoms with Gasteiger partial charge in [-0.1, -0.05) is 22.5 Å². The summed E-state index contributed by atoms with van der Waals surface area (Å²) < 4.78 is 169. The van der Waals surface area contributed by atoms with Gasteiger partial charge in [0.2, 0.25) is 22.9 Å². The highest BCUT2D eigenvalue weighted by Crippen LogP contribution is 2.19. The van der Waals surface area contributed by atoms with Crippen molar-refractivity contribution in [3.05, 3.63) is 209 Å². The fourth-order valence-electron chi connectivity index (χ4n) is 14.2. The standard InChI is InChI=1S/C20H23BN3O.2C19H21BN3O.C18H19BN3O/c1-12-9-18(23(5)10-13(12)2)21-15(4)19-16-8-7-14(3)22-20(16)25-17(19)11-24(21)6;1-12-6-9-17(22(4)10-12)20-14(3)18-15-8-7-13(2)21-19(15)24-16(18)11-23(20)5;1-12-8-9-22(4)17(10-12)20-14(3)18-15-7-6-13(2)21-19(15)24-16(18)11-23(20)5;1-12-8-9-14-15-11-22(4)19(16-7-5-6-10-21(16)3)13(2)17(15)23-18(14)20-12/h7-11H,1-6H3;2*6-11H,1-5H3;5-11H,1-4H3/q4*+1/i2D3,3D3;1D3,2D3;2D3;1D3. The van der Waals surface area contributed by atoms with Crippen molar-refractivity contribution in [2.75, 3.05) is 28.2 Å². The van der Waals surface area contributed by atoms with Crippen molar-refractivity contribution < 1.29 is 60.6 Å². The van der Waals surface area contributed by atoms with E-state index in [2.05, 4.69) is 76.9 Å². The van der Waals surface area contributed by atoms with Crippen LogP contribution in [0.3, 0.4) is 0 Å². The first-order valence-corrected chi connectivity index (χ1v) is 31.4. The van der Waals surface area contributed by atoms with Gasteiger partial charge in [0.1, 0.15) is 33.6 Å². The maximum absolute atomic E-state index is 7.77. The lowest BCUT2D eigenvalue weighted by atomic mass is 9.50. The highest BCUT2D eigenvalue weighted by Gasteiger charge is 2.39. The van der Waals surface area contributed by atoms with Crippen LogP contribution in [0, 0.1) is 55.0 Å². The Morgan fingerprint density at radius 2 is 0.812 bits per heavy atom. The minimum absolute atomic E-state index is 0.00377. The van der Waals surface area contributed by atoms with Crippen LogP contribution in [0.25, 0.3) is 91.1 Å². The van der Waals surface area contributed by atoms with E-state index in [0.717, 1.165) is 86.5 Å². The van der Waals surface area contributed by atoms with Crippen LogP contribution in [0.1, 0.15) is 97.4 Å². The molecule has 0 fully saturated rings. The predicted octanol–water partition coefficient (Wildman–Crippen LogP) is 2.24. The Hall–Kier alpha value is -10.2. The smallest absolute Gasteiger partial charge is 0.402 e. The summed E-state index contributed by atoms with van der Waals surface area (Å²) in [4.78, 5) is 25.2. The van der Waals surface area contributed by atoms with Crippen molar-refractivity contribution in [1.82, 2.24) is 39.2 Å². The number of hydrogen-bond acceptors (Lipinski definition) is 12. The number of nitrogens with zero attached hydrogens (tertiary/aromatic N) is 12. The molecule has 0 saturated carbocycles. The second kappa shape index (κ2) is 25.2. The Morgan fingerprint density at radius 1 is 0.375 bits per heavy atom. The van der Waals surface area contributed by atoms with E-state index in [-0.39, 0.29) is 55.7 Å². The second-order valence-corrected chi connectivity index (χ2v) is 25.4. The highest BCUT2D eigenvalue weighted by atomic mass is 16.3. The summed E-state index contributed by atoms with van der Waals surface area (Å²) in [6, 6.07) is 29.0. The molecule has 20 heteroatoms. The predicted molar refractivity (Wildman–Crippen MR) is 388 cm³/mol. The molecule has 4 aliphatic rings. The zero-order valence-electron chi connectivity index (χ0n) is 74.2. The van der Waals surface area contributed by atoms with E-state index in [4.69, 9.17) is 42.3 Å². The minimum atomic E-state index is -2.31. The second-order valence-electron chi connectivity index (χ2n) is 25.4. The molecule has 0 aliphatic carbocycles. The Bertz CT molecular complexity index is 6470. The summed E-state index contributed by atoms with van der Waals surface area (Å²) in [5, 5.41) is 6.91. The van der Waals surface area contributed by atoms with Crippen molar-refractivity contribution in [2.24, 2.45) is 28.2 Å². The molecule has 0 radical (unpaired) electrons. The molecule has 0 atom stereocenters. The highest BCUT2D eigenvalue weighted by molar-refractivity contribution is 6.87. The SMILES string of the molecule is [2H]C([2H])([2H])c1ccc(B2C(C)=c3c(oc4nc(C([2H])([2H])[2H])ccc34)=CN2C)[n+](C)c1.[2H]C([2H])([2H])c1ccc2c3c(oc2n1)=C(C)B(c1cccc[n+]1C)N(C)C=3.[2H]C([2H])([2H])c1ccc2c3c(oc2n1)=CN(C)B(c1cc(C)c(C([2H])([2H])[2H])c[n+]1C)C=3C.[2H]C([2H])([2H])c1ccc2c3c(oc2n1)=CN(C)B(c1cc(C)cc[n+]1C)C=3C. The number of fused-ring (bicyclic) bond motifs is 12. The average molecular weight is 1290 g/mol. The third-order valence-corrected chi connectivity index (χ3v) is 18.7. The first-order chi connectivity index (χ1) is 53.1. The van der Waals surface area contributed by atoms with Gasteiger partial charge < -0.3 is 36.9 Å². The van der Waals surface area contributed by atoms with E-state index in [1.54, 1.807) is 48.8 Å². The van der Waals surface area contributed by atoms with Crippen LogP contribution in [0.5, 0.6) is 0 Å². The van der Waals surface area contributed by atoms with Gasteiger partial charge in [-0.2, -0.15) is 0 Å². The van der Waals surface area contributed by atoms with Crippen molar-refractivity contribution in [3.63, 3.8) is 0 Å². The summed E-state index contributed by atoms with van der Waals surface area (Å²) >= 11 is 0. The lowest BCUT2D eigenvalue weighted by molar-refractivity contribution is -0.654. The summed E-state index contributed by atoms with van der Waals surface area (Å²) in [5.41, 5.74) is 15.1. The quantitative estimate of drug-likeness (QED) is 0.189. The number of rotatable bonds is 4. The van der Waals surface area contributed by atoms with E-state index < -0.39 is 41.1 Å². The molecule has 0 bridgehead atoms. The topological polar surface area (TPSA) is 133 Å². The molecule has 0 N–H and O–H groups in total. The van der Waals surface area contributed by atoms with Gasteiger partial charge in [-0.15, -0.1) is 0 Å². The van der Waals surface area contributed by atoms with Gasteiger partial charge in [0.25, 0.3) is 0 Å². The van der Waals surface area contributed by atoms with Gasteiger partial charge in [0.15, 0.2) is 63.4 Å². The Labute approximate surface area is 587 Å². The van der Waals surface area contributed by atoms with E-state index in [1.165, 1.54) is 23.3 Å². The molecule has 96 heavy (non-hydrogen) atoms. The van der Waals surface area contributed by atoms with Crippen molar-refractivity contribution in [2.45, 2.75) is 82.7 Å². The summed E-state index contributed by atoms with van der Waals surface area (Å²) in [7, 11) is 15.7. The molecule has 480 valence electrons. The maximum atomic E-state index is 7.77. The van der Waals surface area contributed by atoms with Gasteiger partial charge >= 0.3 is 27.4 Å². The Kier molecular flexibility index (Phi) is 12.1. The van der Waals surface area contributed by atoms with E-state index in [9.17, 15) is 0 Å². The largest absolute Gasteiger partial charge is 0.438 e. The van der Waals surface area contributed by atoms with Gasteiger partial charge in [0.05, 0.1) is 0 Å². The number of hydrogen-bond donors (Lipinski definition) is 0. The number of aryl methyl sites for hydroxylation is 12. The third-order valence-electron chi connectivity index (χ3n) is 18.7. The number of aromatic nitrogens is 8. The summed E-state index contributed by atoms with van der Waals surface area (Å²) in [5.74, 6) is 0. The van der Waals surface area contributed by atoms with Crippen LogP contribution in [-0.4, -0.2) is 94.8 Å². The summed E-state index contributed by atoms with van der Waals surface area (Å²) in [6.07, 6.45) is 15.1. The Morgan fingerprint density at radius 3 is 1.29 bits per heavy atom. The normalized spacial score (nSPS) is 17.7. The van der Waals surface area contributed by atoms with Crippen LogP contribution < -0.4 is 83.2 Å². The lowest BCUT2D eigenvalue weighted by Gasteiger charge is -2.24. The molecule has 4 aliphatic heterocycles. The van der Waals surface area contributed by atoms with Crippen LogP contribution in [0.15, 0.2) is 140 Å². The first-order valence-electron chi connectivity index (χ1n) is 40.4. The molecule has 12 aromatic rings. The van der Waals surface area contributed by atoms with E-state index in [0.29, 0.717) is 50.2 Å². The fraction of sp³-hybridized carbons (Fsp3) is 0.263. The third kappa shape index (κ3) is 11.6. The fourth-order valence-corrected chi connectivity index (χ4v) is 14.2. The van der Waals surface area contributed by atoms with Gasteiger partial charge in [-0.05, 0) is 200 Å². The van der Waals surface area contributed by atoms with Gasteiger partial charge in [-0.25, -0.2) is 38.2 Å². The minimum Gasteiger partial charge on any atom is -0.438 e. The molecule has 16 nitrogen and oxygen atoms in total. The molecule has 0 spiro atoms. The number of pyridine rings is 8. The monoisotopic (exact) mass is 1290 g/mol. The van der Waals surface area contributed by atoms with Crippen LogP contribution in [-0.2, 0) is 28.2 Å². The molecule has 12 aromatic heterocycles. The Balaban J connectivity index is 0.000000133. The van der Waals surface area contributed by atoms with Crippen LogP contribution in [0.2, 0.25) is 0 Å².